The third kappa shape index (κ3) is 3.58. The number of hydrogen-bond acceptors (Lipinski definition) is 3. The Balaban J connectivity index is 2.04. The summed E-state index contributed by atoms with van der Waals surface area (Å²) in [5.74, 6) is 0.795. The molecule has 0 atom stereocenters. The van der Waals surface area contributed by atoms with E-state index in [4.69, 9.17) is 9.94 Å². The summed E-state index contributed by atoms with van der Waals surface area (Å²) >= 11 is 0. The van der Waals surface area contributed by atoms with Crippen LogP contribution in [0, 0.1) is 0 Å². The molecule has 3 nitrogen and oxygen atoms in total. The molecule has 19 heavy (non-hydrogen) atoms. The van der Waals surface area contributed by atoms with Crippen LogP contribution >= 0.6 is 0 Å². The highest BCUT2D eigenvalue weighted by molar-refractivity contribution is 6.00. The van der Waals surface area contributed by atoms with Gasteiger partial charge in [-0.3, -0.25) is 0 Å². The minimum absolute atomic E-state index is 0.687. The van der Waals surface area contributed by atoms with Crippen molar-refractivity contribution >= 4 is 5.71 Å². The SMILES string of the molecule is COc1ccc(/C(CCc2ccccc2)=N\O)cc1. The Morgan fingerprint density at radius 2 is 1.74 bits per heavy atom. The van der Waals surface area contributed by atoms with Crippen LogP contribution < -0.4 is 4.74 Å². The van der Waals surface area contributed by atoms with Gasteiger partial charge in [-0.15, -0.1) is 0 Å². The van der Waals surface area contributed by atoms with Crippen LogP contribution in [0.25, 0.3) is 0 Å². The molecule has 0 spiro atoms. The first-order valence-electron chi connectivity index (χ1n) is 6.23. The van der Waals surface area contributed by atoms with Gasteiger partial charge >= 0.3 is 0 Å². The lowest BCUT2D eigenvalue weighted by molar-refractivity contribution is 0.318. The van der Waals surface area contributed by atoms with Crippen molar-refractivity contribution in [2.24, 2.45) is 5.16 Å². The fraction of sp³-hybridized carbons (Fsp3) is 0.188. The smallest absolute Gasteiger partial charge is 0.118 e. The molecule has 98 valence electrons. The molecule has 2 rings (SSSR count). The number of rotatable bonds is 5. The Labute approximate surface area is 113 Å². The zero-order valence-electron chi connectivity index (χ0n) is 10.9. The Kier molecular flexibility index (Phi) is 4.56. The molecular formula is C16H17NO2. The molecule has 2 aromatic rings. The van der Waals surface area contributed by atoms with Crippen molar-refractivity contribution in [3.63, 3.8) is 0 Å². The zero-order valence-corrected chi connectivity index (χ0v) is 10.9. The van der Waals surface area contributed by atoms with Gasteiger partial charge in [0.15, 0.2) is 0 Å². The summed E-state index contributed by atoms with van der Waals surface area (Å²) < 4.78 is 5.11. The minimum Gasteiger partial charge on any atom is -0.497 e. The largest absolute Gasteiger partial charge is 0.497 e. The fourth-order valence-corrected chi connectivity index (χ4v) is 1.94. The van der Waals surface area contributed by atoms with E-state index in [-0.39, 0.29) is 0 Å². The highest BCUT2D eigenvalue weighted by Crippen LogP contribution is 2.14. The number of aryl methyl sites for hydroxylation is 1. The molecule has 0 bridgehead atoms. The summed E-state index contributed by atoms with van der Waals surface area (Å²) in [6.45, 7) is 0. The molecule has 0 aromatic heterocycles. The van der Waals surface area contributed by atoms with E-state index in [9.17, 15) is 0 Å². The summed E-state index contributed by atoms with van der Waals surface area (Å²) in [5.41, 5.74) is 2.84. The van der Waals surface area contributed by atoms with Crippen LogP contribution in [-0.4, -0.2) is 18.0 Å². The van der Waals surface area contributed by atoms with Crippen LogP contribution in [0.2, 0.25) is 0 Å². The van der Waals surface area contributed by atoms with Crippen LogP contribution in [0.1, 0.15) is 17.5 Å². The molecule has 0 aliphatic heterocycles. The maximum Gasteiger partial charge on any atom is 0.118 e. The van der Waals surface area contributed by atoms with Crippen LogP contribution in [0.15, 0.2) is 59.8 Å². The van der Waals surface area contributed by atoms with Gasteiger partial charge in [0.25, 0.3) is 0 Å². The number of nitrogens with zero attached hydrogens (tertiary/aromatic N) is 1. The van der Waals surface area contributed by atoms with Crippen LogP contribution in [0.4, 0.5) is 0 Å². The van der Waals surface area contributed by atoms with E-state index in [2.05, 4.69) is 17.3 Å². The highest BCUT2D eigenvalue weighted by Gasteiger charge is 2.05. The molecule has 2 aromatic carbocycles. The van der Waals surface area contributed by atoms with Crippen molar-refractivity contribution < 1.29 is 9.94 Å². The van der Waals surface area contributed by atoms with E-state index in [1.165, 1.54) is 5.56 Å². The van der Waals surface area contributed by atoms with Crippen molar-refractivity contribution in [1.82, 2.24) is 0 Å². The van der Waals surface area contributed by atoms with Gasteiger partial charge in [0.1, 0.15) is 5.75 Å². The average molecular weight is 255 g/mol. The molecule has 0 radical (unpaired) electrons. The van der Waals surface area contributed by atoms with Gasteiger partial charge in [0.05, 0.1) is 12.8 Å². The third-order valence-electron chi connectivity index (χ3n) is 3.04. The molecule has 0 saturated heterocycles. The molecule has 0 aliphatic carbocycles. The maximum absolute atomic E-state index is 9.14. The zero-order chi connectivity index (χ0) is 13.5. The number of methoxy groups -OCH3 is 1. The average Bonchev–Trinajstić information content (AvgIpc) is 2.49. The summed E-state index contributed by atoms with van der Waals surface area (Å²) in [6, 6.07) is 17.7. The second kappa shape index (κ2) is 6.59. The predicted octanol–water partition coefficient (Wildman–Crippen LogP) is 3.51. The predicted molar refractivity (Wildman–Crippen MR) is 76.1 cm³/mol. The molecule has 0 saturated carbocycles. The Hall–Kier alpha value is -2.29. The van der Waals surface area contributed by atoms with E-state index >= 15 is 0 Å². The lowest BCUT2D eigenvalue weighted by Crippen LogP contribution is -2.03. The lowest BCUT2D eigenvalue weighted by Gasteiger charge is -2.06. The second-order valence-electron chi connectivity index (χ2n) is 4.26. The maximum atomic E-state index is 9.14. The van der Waals surface area contributed by atoms with E-state index in [1.54, 1.807) is 7.11 Å². The Morgan fingerprint density at radius 3 is 2.32 bits per heavy atom. The molecule has 0 fully saturated rings. The number of hydrogen-bond donors (Lipinski definition) is 1. The van der Waals surface area contributed by atoms with Gasteiger partial charge in [-0.1, -0.05) is 35.5 Å². The number of oxime groups is 1. The van der Waals surface area contributed by atoms with E-state index < -0.39 is 0 Å². The van der Waals surface area contributed by atoms with Crippen molar-refractivity contribution in [1.29, 1.82) is 0 Å². The highest BCUT2D eigenvalue weighted by atomic mass is 16.5. The Bertz CT molecular complexity index is 532. The number of benzene rings is 2. The Morgan fingerprint density at radius 1 is 1.05 bits per heavy atom. The standard InChI is InChI=1S/C16H17NO2/c1-19-15-10-8-14(9-11-15)16(17-18)12-7-13-5-3-2-4-6-13/h2-6,8-11,18H,7,12H2,1H3/b17-16-. The fourth-order valence-electron chi connectivity index (χ4n) is 1.94. The van der Waals surface area contributed by atoms with Gasteiger partial charge in [0, 0.05) is 0 Å². The molecule has 0 unspecified atom stereocenters. The van der Waals surface area contributed by atoms with Gasteiger partial charge in [-0.05, 0) is 48.2 Å². The molecular weight excluding hydrogens is 238 g/mol. The summed E-state index contributed by atoms with van der Waals surface area (Å²) in [6.07, 6.45) is 1.55. The third-order valence-corrected chi connectivity index (χ3v) is 3.04. The van der Waals surface area contributed by atoms with Crippen molar-refractivity contribution in [3.8, 4) is 5.75 Å². The normalized spacial score (nSPS) is 11.3. The van der Waals surface area contributed by atoms with E-state index in [1.807, 2.05) is 42.5 Å². The topological polar surface area (TPSA) is 41.8 Å². The van der Waals surface area contributed by atoms with Crippen molar-refractivity contribution in [2.75, 3.05) is 7.11 Å². The first-order chi connectivity index (χ1) is 9.33. The van der Waals surface area contributed by atoms with Gasteiger partial charge < -0.3 is 9.94 Å². The summed E-state index contributed by atoms with van der Waals surface area (Å²) in [5, 5.41) is 12.5. The van der Waals surface area contributed by atoms with Crippen LogP contribution in [0.3, 0.4) is 0 Å². The monoisotopic (exact) mass is 255 g/mol. The van der Waals surface area contributed by atoms with Crippen LogP contribution in [-0.2, 0) is 6.42 Å². The van der Waals surface area contributed by atoms with Gasteiger partial charge in [-0.2, -0.15) is 0 Å². The lowest BCUT2D eigenvalue weighted by atomic mass is 10.0. The second-order valence-corrected chi connectivity index (χ2v) is 4.26. The molecule has 0 heterocycles. The van der Waals surface area contributed by atoms with Gasteiger partial charge in [-0.25, -0.2) is 0 Å². The molecule has 1 N–H and O–H groups in total. The minimum atomic E-state index is 0.687. The quantitative estimate of drug-likeness (QED) is 0.504. The van der Waals surface area contributed by atoms with E-state index in [0.717, 1.165) is 17.7 Å². The van der Waals surface area contributed by atoms with E-state index in [0.29, 0.717) is 12.1 Å². The molecule has 0 aliphatic rings. The first-order valence-corrected chi connectivity index (χ1v) is 6.23. The first kappa shape index (κ1) is 13.1. The van der Waals surface area contributed by atoms with Crippen molar-refractivity contribution in [2.45, 2.75) is 12.8 Å². The summed E-state index contributed by atoms with van der Waals surface area (Å²) in [4.78, 5) is 0. The summed E-state index contributed by atoms with van der Waals surface area (Å²) in [7, 11) is 1.63. The van der Waals surface area contributed by atoms with Gasteiger partial charge in [0.2, 0.25) is 0 Å². The van der Waals surface area contributed by atoms with Crippen molar-refractivity contribution in [3.05, 3.63) is 65.7 Å². The molecule has 0 amide bonds. The number of ether oxygens (including phenoxy) is 1. The molecule has 3 heteroatoms. The van der Waals surface area contributed by atoms with Crippen LogP contribution in [0.5, 0.6) is 5.75 Å².